The van der Waals surface area contributed by atoms with Crippen molar-refractivity contribution in [2.45, 2.75) is 50.6 Å². The van der Waals surface area contributed by atoms with Crippen LogP contribution >= 0.6 is 11.6 Å². The Morgan fingerprint density at radius 2 is 1.65 bits per heavy atom. The van der Waals surface area contributed by atoms with Crippen LogP contribution in [0.25, 0.3) is 0 Å². The van der Waals surface area contributed by atoms with Crippen molar-refractivity contribution in [1.82, 2.24) is 9.97 Å². The van der Waals surface area contributed by atoms with Crippen LogP contribution in [0.1, 0.15) is 23.6 Å². The van der Waals surface area contributed by atoms with E-state index in [1.165, 1.54) is 0 Å². The Hall–Kier alpha value is -1.97. The first-order valence-corrected chi connectivity index (χ1v) is 10.9. The van der Waals surface area contributed by atoms with Gasteiger partial charge in [0.05, 0.1) is 26.4 Å². The Kier molecular flexibility index (Phi) is 7.24. The number of ether oxygens (including phenoxy) is 4. The minimum absolute atomic E-state index is 0.254. The molecule has 0 aromatic carbocycles. The number of aliphatic hydroxyl groups is 2. The van der Waals surface area contributed by atoms with Gasteiger partial charge in [0.1, 0.15) is 17.4 Å². The van der Waals surface area contributed by atoms with Crippen molar-refractivity contribution >= 4 is 11.6 Å². The third-order valence-corrected chi connectivity index (χ3v) is 5.69. The second-order valence-corrected chi connectivity index (χ2v) is 8.17. The molecule has 2 aromatic heterocycles. The fourth-order valence-corrected chi connectivity index (χ4v) is 3.76. The van der Waals surface area contributed by atoms with Gasteiger partial charge in [-0.2, -0.15) is 0 Å². The van der Waals surface area contributed by atoms with Gasteiger partial charge in [-0.3, -0.25) is 0 Å². The Labute approximate surface area is 186 Å². The zero-order chi connectivity index (χ0) is 21.8. The summed E-state index contributed by atoms with van der Waals surface area (Å²) in [4.78, 5) is 8.78. The van der Waals surface area contributed by atoms with E-state index >= 15 is 0 Å². The second-order valence-electron chi connectivity index (χ2n) is 7.78. The summed E-state index contributed by atoms with van der Waals surface area (Å²) in [5, 5.41) is 20.2. The summed E-state index contributed by atoms with van der Waals surface area (Å²) in [5.41, 5.74) is 2.93. The molecule has 9 heteroatoms. The van der Waals surface area contributed by atoms with Crippen LogP contribution in [0.3, 0.4) is 0 Å². The molecular formula is C22H27ClN2O6. The van der Waals surface area contributed by atoms with Crippen molar-refractivity contribution in [3.63, 3.8) is 0 Å². The summed E-state index contributed by atoms with van der Waals surface area (Å²) in [7, 11) is 0. The topological polar surface area (TPSA) is 103 Å². The third kappa shape index (κ3) is 5.45. The molecule has 0 spiro atoms. The number of pyridine rings is 2. The summed E-state index contributed by atoms with van der Waals surface area (Å²) in [6.07, 6.45) is 1.78. The van der Waals surface area contributed by atoms with Gasteiger partial charge < -0.3 is 29.2 Å². The number of aryl methyl sites for hydroxylation is 3. The Morgan fingerprint density at radius 3 is 2.26 bits per heavy atom. The van der Waals surface area contributed by atoms with Gasteiger partial charge in [0, 0.05) is 17.3 Å². The highest BCUT2D eigenvalue weighted by Crippen LogP contribution is 2.26. The van der Waals surface area contributed by atoms with Crippen LogP contribution < -0.4 is 9.47 Å². The van der Waals surface area contributed by atoms with E-state index in [-0.39, 0.29) is 13.2 Å². The molecular weight excluding hydrogens is 424 g/mol. The SMILES string of the molecule is CCc1cc(CCc2ccc(Cl)nc2O[C@H]2COC[C@@H]2O)cnc1O[C@H]1COC[C@@H]1O. The summed E-state index contributed by atoms with van der Waals surface area (Å²) < 4.78 is 22.3. The molecule has 0 bridgehead atoms. The van der Waals surface area contributed by atoms with E-state index in [2.05, 4.69) is 16.0 Å². The van der Waals surface area contributed by atoms with Crippen LogP contribution in [0.4, 0.5) is 0 Å². The molecule has 0 radical (unpaired) electrons. The highest BCUT2D eigenvalue weighted by atomic mass is 35.5. The number of halogens is 1. The molecule has 2 aromatic rings. The Morgan fingerprint density at radius 1 is 0.968 bits per heavy atom. The fraction of sp³-hybridized carbons (Fsp3) is 0.545. The van der Waals surface area contributed by atoms with E-state index in [0.29, 0.717) is 36.5 Å². The normalized spacial score (nSPS) is 25.7. The quantitative estimate of drug-likeness (QED) is 0.586. The first-order valence-electron chi connectivity index (χ1n) is 10.5. The molecule has 0 unspecified atom stereocenters. The van der Waals surface area contributed by atoms with Crippen molar-refractivity contribution in [2.24, 2.45) is 0 Å². The van der Waals surface area contributed by atoms with Gasteiger partial charge in [-0.1, -0.05) is 24.6 Å². The number of nitrogens with zero attached hydrogens (tertiary/aromatic N) is 2. The summed E-state index contributed by atoms with van der Waals surface area (Å²) in [6.45, 7) is 3.26. The van der Waals surface area contributed by atoms with E-state index < -0.39 is 24.4 Å². The van der Waals surface area contributed by atoms with E-state index in [1.54, 1.807) is 12.3 Å². The van der Waals surface area contributed by atoms with Crippen LogP contribution in [0, 0.1) is 0 Å². The summed E-state index contributed by atoms with van der Waals surface area (Å²) in [6, 6.07) is 5.69. The Balaban J connectivity index is 1.44. The Bertz CT molecular complexity index is 898. The van der Waals surface area contributed by atoms with Crippen LogP contribution in [-0.4, -0.2) is 71.0 Å². The van der Waals surface area contributed by atoms with Gasteiger partial charge in [-0.15, -0.1) is 0 Å². The largest absolute Gasteiger partial charge is 0.469 e. The molecule has 8 nitrogen and oxygen atoms in total. The lowest BCUT2D eigenvalue weighted by Gasteiger charge is -2.18. The highest BCUT2D eigenvalue weighted by Gasteiger charge is 2.30. The van der Waals surface area contributed by atoms with Gasteiger partial charge >= 0.3 is 0 Å². The molecule has 31 heavy (non-hydrogen) atoms. The van der Waals surface area contributed by atoms with Gasteiger partial charge in [0.2, 0.25) is 11.8 Å². The minimum Gasteiger partial charge on any atom is -0.469 e. The van der Waals surface area contributed by atoms with Crippen molar-refractivity contribution in [3.8, 4) is 11.8 Å². The zero-order valence-corrected chi connectivity index (χ0v) is 18.1. The number of rotatable bonds is 8. The molecule has 2 aliphatic heterocycles. The van der Waals surface area contributed by atoms with Gasteiger partial charge in [0.25, 0.3) is 0 Å². The van der Waals surface area contributed by atoms with Crippen molar-refractivity contribution in [2.75, 3.05) is 26.4 Å². The predicted octanol–water partition coefficient (Wildman–Crippen LogP) is 1.75. The van der Waals surface area contributed by atoms with Crippen molar-refractivity contribution in [3.05, 3.63) is 46.2 Å². The molecule has 2 aliphatic rings. The molecule has 0 amide bonds. The average molecular weight is 451 g/mol. The van der Waals surface area contributed by atoms with E-state index in [0.717, 1.165) is 29.5 Å². The minimum atomic E-state index is -0.679. The van der Waals surface area contributed by atoms with Crippen LogP contribution in [0.5, 0.6) is 11.8 Å². The van der Waals surface area contributed by atoms with Gasteiger partial charge in [-0.05, 0) is 37.0 Å². The predicted molar refractivity (Wildman–Crippen MR) is 113 cm³/mol. The molecule has 0 aliphatic carbocycles. The average Bonchev–Trinajstić information content (AvgIpc) is 3.36. The molecule has 0 saturated carbocycles. The van der Waals surface area contributed by atoms with Crippen molar-refractivity contribution < 1.29 is 29.2 Å². The molecule has 4 heterocycles. The first-order chi connectivity index (χ1) is 15.0. The van der Waals surface area contributed by atoms with Gasteiger partial charge in [0.15, 0.2) is 12.2 Å². The summed E-state index contributed by atoms with van der Waals surface area (Å²) >= 11 is 6.06. The van der Waals surface area contributed by atoms with Crippen LogP contribution in [0.2, 0.25) is 5.15 Å². The second kappa shape index (κ2) is 10.1. The van der Waals surface area contributed by atoms with E-state index in [4.69, 9.17) is 30.5 Å². The maximum atomic E-state index is 9.97. The smallest absolute Gasteiger partial charge is 0.218 e. The number of aliphatic hydroxyl groups excluding tert-OH is 2. The zero-order valence-electron chi connectivity index (χ0n) is 17.4. The molecule has 2 fully saturated rings. The first kappa shape index (κ1) is 22.2. The lowest BCUT2D eigenvalue weighted by molar-refractivity contribution is 0.0696. The number of aromatic nitrogens is 2. The fourth-order valence-electron chi connectivity index (χ4n) is 3.62. The third-order valence-electron chi connectivity index (χ3n) is 5.48. The molecule has 168 valence electrons. The van der Waals surface area contributed by atoms with Gasteiger partial charge in [-0.25, -0.2) is 9.97 Å². The van der Waals surface area contributed by atoms with Crippen LogP contribution in [0.15, 0.2) is 24.4 Å². The molecule has 2 saturated heterocycles. The molecule has 4 rings (SSSR count). The van der Waals surface area contributed by atoms with E-state index in [1.807, 2.05) is 13.0 Å². The van der Waals surface area contributed by atoms with Crippen LogP contribution in [-0.2, 0) is 28.7 Å². The molecule has 2 N–H and O–H groups in total. The highest BCUT2D eigenvalue weighted by molar-refractivity contribution is 6.29. The maximum Gasteiger partial charge on any atom is 0.218 e. The lowest BCUT2D eigenvalue weighted by Crippen LogP contribution is -2.30. The standard InChI is InChI=1S/C22H27ClN2O6/c1-2-14-7-13(8-24-21(14)30-18-11-28-9-16(18)26)3-4-15-5-6-20(23)25-22(15)31-19-12-29-10-17(19)27/h5-8,16-19,26-27H,2-4,9-12H2,1H3/t16-,17-,18-,19-/m0/s1. The number of hydrogen-bond donors (Lipinski definition) is 2. The lowest BCUT2D eigenvalue weighted by atomic mass is 10.0. The van der Waals surface area contributed by atoms with E-state index in [9.17, 15) is 10.2 Å². The number of hydrogen-bond acceptors (Lipinski definition) is 8. The molecule has 4 atom stereocenters. The summed E-state index contributed by atoms with van der Waals surface area (Å²) in [5.74, 6) is 0.953. The maximum absolute atomic E-state index is 9.97. The monoisotopic (exact) mass is 450 g/mol. The van der Waals surface area contributed by atoms with Crippen molar-refractivity contribution in [1.29, 1.82) is 0 Å².